The van der Waals surface area contributed by atoms with Crippen LogP contribution in [0.25, 0.3) is 0 Å². The quantitative estimate of drug-likeness (QED) is 0.571. The van der Waals surface area contributed by atoms with E-state index in [9.17, 15) is 26.0 Å². The Morgan fingerprint density at radius 3 is 1.84 bits per heavy atom. The van der Waals surface area contributed by atoms with Crippen molar-refractivity contribution in [3.05, 3.63) is 0 Å². The van der Waals surface area contributed by atoms with E-state index in [1.807, 2.05) is 0 Å². The zero-order valence-electron chi connectivity index (χ0n) is 12.8. The van der Waals surface area contributed by atoms with Crippen LogP contribution in [0.3, 0.4) is 0 Å². The summed E-state index contributed by atoms with van der Waals surface area (Å²) in [6.45, 7) is 0.454. The summed E-state index contributed by atoms with van der Waals surface area (Å²) in [7, 11) is -6.30. The van der Waals surface area contributed by atoms with Gasteiger partial charge in [-0.15, -0.1) is 0 Å². The first-order chi connectivity index (χ1) is 11.5. The number of fused-ring (bicyclic) bond motifs is 5. The van der Waals surface area contributed by atoms with Gasteiger partial charge in [0.05, 0.1) is 26.4 Å². The first-order valence-electron chi connectivity index (χ1n) is 7.78. The van der Waals surface area contributed by atoms with Gasteiger partial charge in [-0.3, -0.25) is 4.55 Å². The minimum Gasteiger partial charge on any atom is -0.343 e. The Morgan fingerprint density at radius 1 is 0.880 bits per heavy atom. The fourth-order valence-corrected chi connectivity index (χ4v) is 5.30. The highest BCUT2D eigenvalue weighted by Crippen LogP contribution is 2.68. The molecule has 0 aromatic rings. The van der Waals surface area contributed by atoms with Crippen molar-refractivity contribution in [2.24, 2.45) is 17.8 Å². The van der Waals surface area contributed by atoms with Gasteiger partial charge in [0.2, 0.25) is 11.6 Å². The molecule has 2 heterocycles. The first-order valence-corrected chi connectivity index (χ1v) is 9.22. The zero-order chi connectivity index (χ0) is 18.3. The lowest BCUT2D eigenvalue weighted by molar-refractivity contribution is -0.382. The van der Waals surface area contributed by atoms with Gasteiger partial charge in [0.1, 0.15) is 0 Å². The summed E-state index contributed by atoms with van der Waals surface area (Å²) in [5.74, 6) is -12.3. The van der Waals surface area contributed by atoms with Crippen molar-refractivity contribution in [2.75, 3.05) is 26.4 Å². The summed E-state index contributed by atoms with van der Waals surface area (Å²) in [6.07, 6.45) is -0.459. The molecule has 2 spiro atoms. The molecule has 7 nitrogen and oxygen atoms in total. The molecule has 0 aromatic carbocycles. The third kappa shape index (κ3) is 1.95. The molecule has 2 aliphatic carbocycles. The minimum atomic E-state index is -6.30. The number of rotatable bonds is 3. The number of alkyl halides is 4. The number of hydrogen-bond donors (Lipinski definition) is 1. The summed E-state index contributed by atoms with van der Waals surface area (Å²) in [6, 6.07) is 0. The summed E-state index contributed by atoms with van der Waals surface area (Å²) in [4.78, 5) is 0. The maximum Gasteiger partial charge on any atom is 0.431 e. The molecule has 2 bridgehead atoms. The van der Waals surface area contributed by atoms with Crippen LogP contribution in [0.4, 0.5) is 17.6 Å². The van der Waals surface area contributed by atoms with Gasteiger partial charge in [0.15, 0.2) is 0 Å². The molecule has 3 unspecified atom stereocenters. The average molecular weight is 392 g/mol. The highest BCUT2D eigenvalue weighted by molar-refractivity contribution is 7.87. The van der Waals surface area contributed by atoms with Crippen molar-refractivity contribution in [1.29, 1.82) is 0 Å². The second kappa shape index (κ2) is 5.04. The number of hydrogen-bond acceptors (Lipinski definition) is 6. The molecule has 0 amide bonds. The molecular formula is C13H16F4O7S. The van der Waals surface area contributed by atoms with Crippen LogP contribution in [0.15, 0.2) is 0 Å². The van der Waals surface area contributed by atoms with E-state index in [2.05, 4.69) is 0 Å². The van der Waals surface area contributed by atoms with E-state index in [1.54, 1.807) is 0 Å². The van der Waals surface area contributed by atoms with E-state index in [4.69, 9.17) is 23.5 Å². The van der Waals surface area contributed by atoms with E-state index in [0.29, 0.717) is 0 Å². The third-order valence-corrected chi connectivity index (χ3v) is 6.60. The Kier molecular flexibility index (Phi) is 3.60. The Morgan fingerprint density at radius 2 is 1.36 bits per heavy atom. The highest BCUT2D eigenvalue weighted by Gasteiger charge is 2.83. The normalized spacial score (nSPS) is 36.8. The van der Waals surface area contributed by atoms with Gasteiger partial charge in [0, 0.05) is 17.8 Å². The highest BCUT2D eigenvalue weighted by atomic mass is 32.2. The lowest BCUT2D eigenvalue weighted by Crippen LogP contribution is -2.65. The molecule has 0 radical (unpaired) electrons. The number of ether oxygens (including phenoxy) is 4. The lowest BCUT2D eigenvalue weighted by Gasteiger charge is -2.49. The fourth-order valence-electron chi connectivity index (χ4n) is 4.81. The van der Waals surface area contributed by atoms with Crippen LogP contribution in [0, 0.1) is 17.8 Å². The van der Waals surface area contributed by atoms with Gasteiger partial charge >= 0.3 is 21.3 Å². The SMILES string of the molecule is O=S(=O)(O)C(F)(F)C(F)(F)C1CC2CC1C1(OCCO1)C21OCCO1. The van der Waals surface area contributed by atoms with Crippen molar-refractivity contribution in [1.82, 2.24) is 0 Å². The molecule has 1 N–H and O–H groups in total. The number of halogens is 4. The van der Waals surface area contributed by atoms with Gasteiger partial charge in [-0.05, 0) is 12.8 Å². The molecule has 12 heteroatoms. The average Bonchev–Trinajstić information content (AvgIpc) is 3.26. The summed E-state index contributed by atoms with van der Waals surface area (Å²) < 4.78 is 109. The maximum absolute atomic E-state index is 14.5. The molecule has 4 aliphatic rings. The van der Waals surface area contributed by atoms with Crippen molar-refractivity contribution < 1.29 is 49.5 Å². The van der Waals surface area contributed by atoms with Gasteiger partial charge in [-0.2, -0.15) is 26.0 Å². The molecule has 0 aromatic heterocycles. The van der Waals surface area contributed by atoms with Gasteiger partial charge in [-0.1, -0.05) is 0 Å². The van der Waals surface area contributed by atoms with Crippen molar-refractivity contribution in [3.8, 4) is 0 Å². The standard InChI is InChI=1S/C13H16F4O7S/c14-10(15,13(16,17)25(18,19)20)8-5-7-6-9(8)12(23-3-4-24-12)11(7)21-1-2-22-11/h7-9H,1-6H2,(H,18,19,20). The van der Waals surface area contributed by atoms with E-state index in [0.717, 1.165) is 0 Å². The molecule has 144 valence electrons. The second-order valence-corrected chi connectivity index (χ2v) is 8.19. The van der Waals surface area contributed by atoms with Gasteiger partial charge in [0.25, 0.3) is 0 Å². The Balaban J connectivity index is 1.74. The largest absolute Gasteiger partial charge is 0.431 e. The molecule has 4 fully saturated rings. The van der Waals surface area contributed by atoms with Crippen LogP contribution in [0.5, 0.6) is 0 Å². The molecule has 2 aliphatic heterocycles. The Bertz CT molecular complexity index is 670. The first kappa shape index (κ1) is 17.9. The monoisotopic (exact) mass is 392 g/mol. The predicted molar refractivity (Wildman–Crippen MR) is 70.4 cm³/mol. The van der Waals surface area contributed by atoms with Crippen LogP contribution < -0.4 is 0 Å². The van der Waals surface area contributed by atoms with Crippen LogP contribution in [0.2, 0.25) is 0 Å². The van der Waals surface area contributed by atoms with E-state index in [1.165, 1.54) is 0 Å². The van der Waals surface area contributed by atoms with Crippen LogP contribution in [-0.4, -0.2) is 62.1 Å². The van der Waals surface area contributed by atoms with Crippen molar-refractivity contribution >= 4 is 10.1 Å². The Labute approximate surface area is 140 Å². The predicted octanol–water partition coefficient (Wildman–Crippen LogP) is 1.24. The van der Waals surface area contributed by atoms with Crippen molar-refractivity contribution in [2.45, 2.75) is 35.6 Å². The zero-order valence-corrected chi connectivity index (χ0v) is 13.6. The third-order valence-electron chi connectivity index (χ3n) is 5.68. The maximum atomic E-state index is 14.5. The molecule has 2 saturated heterocycles. The molecule has 2 saturated carbocycles. The summed E-state index contributed by atoms with van der Waals surface area (Å²) >= 11 is 0. The van der Waals surface area contributed by atoms with Crippen molar-refractivity contribution in [3.63, 3.8) is 0 Å². The molecule has 25 heavy (non-hydrogen) atoms. The molecule has 4 rings (SSSR count). The summed E-state index contributed by atoms with van der Waals surface area (Å²) in [5, 5.41) is -5.63. The van der Waals surface area contributed by atoms with Crippen LogP contribution in [-0.2, 0) is 29.1 Å². The van der Waals surface area contributed by atoms with Gasteiger partial charge in [-0.25, -0.2) is 0 Å². The summed E-state index contributed by atoms with van der Waals surface area (Å²) in [5.41, 5.74) is 0. The van der Waals surface area contributed by atoms with E-state index in [-0.39, 0.29) is 32.8 Å². The van der Waals surface area contributed by atoms with Crippen LogP contribution >= 0.6 is 0 Å². The fraction of sp³-hybridized carbons (Fsp3) is 1.00. The Hall–Kier alpha value is -0.530. The molecule has 3 atom stereocenters. The van der Waals surface area contributed by atoms with E-state index >= 15 is 0 Å². The van der Waals surface area contributed by atoms with Gasteiger partial charge < -0.3 is 18.9 Å². The topological polar surface area (TPSA) is 91.3 Å². The van der Waals surface area contributed by atoms with Crippen LogP contribution in [0.1, 0.15) is 12.8 Å². The van der Waals surface area contributed by atoms with E-state index < -0.39 is 57.0 Å². The molecular weight excluding hydrogens is 376 g/mol. The second-order valence-electron chi connectivity index (χ2n) is 6.72. The lowest BCUT2D eigenvalue weighted by atomic mass is 9.76. The minimum absolute atomic E-state index is 0.00180. The smallest absolute Gasteiger partial charge is 0.343 e.